The number of hydrogen-bond donors (Lipinski definition) is 0. The van der Waals surface area contributed by atoms with Gasteiger partial charge in [-0.05, 0) is 30.4 Å². The van der Waals surface area contributed by atoms with Gasteiger partial charge >= 0.3 is 0 Å². The molecule has 1 aromatic heterocycles. The number of hydrogen-bond acceptors (Lipinski definition) is 3. The van der Waals surface area contributed by atoms with Crippen LogP contribution < -0.4 is 5.56 Å². The molecule has 0 spiro atoms. The molecule has 23 heavy (non-hydrogen) atoms. The summed E-state index contributed by atoms with van der Waals surface area (Å²) >= 11 is 0. The van der Waals surface area contributed by atoms with Crippen molar-refractivity contribution in [2.45, 2.75) is 0 Å². The number of nitrogens with zero attached hydrogens (tertiary/aromatic N) is 2. The van der Waals surface area contributed by atoms with Crippen LogP contribution in [0.5, 0.6) is 0 Å². The molecule has 3 rings (SSSR count). The molecule has 0 unspecified atom stereocenters. The first-order chi connectivity index (χ1) is 11.2. The highest BCUT2D eigenvalue weighted by molar-refractivity contribution is 6.06. The minimum Gasteiger partial charge on any atom is -0.289 e. The highest BCUT2D eigenvalue weighted by Gasteiger charge is 2.03. The second-order valence-corrected chi connectivity index (χ2v) is 4.91. The van der Waals surface area contributed by atoms with Crippen LogP contribution in [0, 0.1) is 0 Å². The average Bonchev–Trinajstić information content (AvgIpc) is 2.62. The molecule has 0 saturated carbocycles. The summed E-state index contributed by atoms with van der Waals surface area (Å²) < 4.78 is 1.31. The van der Waals surface area contributed by atoms with Gasteiger partial charge in [0, 0.05) is 11.6 Å². The standard InChI is InChI=1S/C19H14N2O2/c22-18(15-7-3-1-4-8-15)13-11-16-12-14-19(23)21(20-16)17-9-5-2-6-10-17/h1-14H/b13-11+. The van der Waals surface area contributed by atoms with Gasteiger partial charge in [-0.25, -0.2) is 0 Å². The van der Waals surface area contributed by atoms with Crippen LogP contribution in [-0.2, 0) is 0 Å². The van der Waals surface area contributed by atoms with Gasteiger partial charge in [-0.15, -0.1) is 0 Å². The lowest BCUT2D eigenvalue weighted by Crippen LogP contribution is -2.20. The van der Waals surface area contributed by atoms with E-state index in [4.69, 9.17) is 0 Å². The Morgan fingerprint density at radius 1 is 0.870 bits per heavy atom. The molecule has 3 aromatic rings. The molecular weight excluding hydrogens is 288 g/mol. The molecule has 0 bridgehead atoms. The van der Waals surface area contributed by atoms with Gasteiger partial charge in [0.15, 0.2) is 5.78 Å². The van der Waals surface area contributed by atoms with Gasteiger partial charge in [0.2, 0.25) is 0 Å². The van der Waals surface area contributed by atoms with E-state index in [9.17, 15) is 9.59 Å². The van der Waals surface area contributed by atoms with Crippen LogP contribution in [0.1, 0.15) is 16.1 Å². The Morgan fingerprint density at radius 2 is 1.52 bits per heavy atom. The van der Waals surface area contributed by atoms with Crippen molar-refractivity contribution in [1.29, 1.82) is 0 Å². The Balaban J connectivity index is 1.89. The summed E-state index contributed by atoms with van der Waals surface area (Å²) in [5.41, 5.74) is 1.61. The fourth-order valence-electron chi connectivity index (χ4n) is 2.13. The van der Waals surface area contributed by atoms with Crippen molar-refractivity contribution in [1.82, 2.24) is 9.78 Å². The quantitative estimate of drug-likeness (QED) is 0.549. The second-order valence-electron chi connectivity index (χ2n) is 4.91. The molecule has 0 N–H and O–H groups in total. The zero-order valence-corrected chi connectivity index (χ0v) is 12.3. The van der Waals surface area contributed by atoms with Gasteiger partial charge in [0.25, 0.3) is 5.56 Å². The lowest BCUT2D eigenvalue weighted by molar-refractivity contribution is 0.104. The Morgan fingerprint density at radius 3 is 2.22 bits per heavy atom. The molecule has 1 heterocycles. The van der Waals surface area contributed by atoms with Crippen LogP contribution in [0.3, 0.4) is 0 Å². The number of allylic oxidation sites excluding steroid dienone is 1. The second kappa shape index (κ2) is 6.66. The van der Waals surface area contributed by atoms with E-state index >= 15 is 0 Å². The topological polar surface area (TPSA) is 52.0 Å². The van der Waals surface area contributed by atoms with Crippen molar-refractivity contribution < 1.29 is 4.79 Å². The third kappa shape index (κ3) is 3.49. The zero-order chi connectivity index (χ0) is 16.1. The molecule has 0 radical (unpaired) electrons. The highest BCUT2D eigenvalue weighted by atomic mass is 16.1. The number of carbonyl (C=O) groups is 1. The number of rotatable bonds is 4. The first-order valence-corrected chi connectivity index (χ1v) is 7.17. The van der Waals surface area contributed by atoms with Crippen LogP contribution in [0.15, 0.2) is 83.7 Å². The predicted molar refractivity (Wildman–Crippen MR) is 89.6 cm³/mol. The maximum atomic E-state index is 12.1. The van der Waals surface area contributed by atoms with Gasteiger partial charge < -0.3 is 0 Å². The number of carbonyl (C=O) groups excluding carboxylic acids is 1. The summed E-state index contributed by atoms with van der Waals surface area (Å²) in [6, 6.07) is 21.2. The Hall–Kier alpha value is -3.27. The molecular formula is C19H14N2O2. The first kappa shape index (κ1) is 14.7. The van der Waals surface area contributed by atoms with Crippen LogP contribution in [-0.4, -0.2) is 15.6 Å². The van der Waals surface area contributed by atoms with E-state index in [0.29, 0.717) is 16.9 Å². The third-order valence-corrected chi connectivity index (χ3v) is 3.29. The summed E-state index contributed by atoms with van der Waals surface area (Å²) in [6.45, 7) is 0. The molecule has 0 fully saturated rings. The summed E-state index contributed by atoms with van der Waals surface area (Å²) in [6.07, 6.45) is 3.06. The van der Waals surface area contributed by atoms with Crippen molar-refractivity contribution in [3.8, 4) is 5.69 Å². The van der Waals surface area contributed by atoms with Crippen molar-refractivity contribution in [2.24, 2.45) is 0 Å². The maximum Gasteiger partial charge on any atom is 0.271 e. The average molecular weight is 302 g/mol. The molecule has 0 saturated heterocycles. The zero-order valence-electron chi connectivity index (χ0n) is 12.3. The predicted octanol–water partition coefficient (Wildman–Crippen LogP) is 3.13. The highest BCUT2D eigenvalue weighted by Crippen LogP contribution is 2.05. The van der Waals surface area contributed by atoms with E-state index in [1.165, 1.54) is 16.8 Å². The summed E-state index contributed by atoms with van der Waals surface area (Å²) in [4.78, 5) is 24.0. The fourth-order valence-corrected chi connectivity index (χ4v) is 2.13. The van der Waals surface area contributed by atoms with E-state index in [-0.39, 0.29) is 11.3 Å². The SMILES string of the molecule is O=C(/C=C/c1ccc(=O)n(-c2ccccc2)n1)c1ccccc1. The summed E-state index contributed by atoms with van der Waals surface area (Å²) in [7, 11) is 0. The van der Waals surface area contributed by atoms with E-state index in [2.05, 4.69) is 5.10 Å². The number of para-hydroxylation sites is 1. The number of aromatic nitrogens is 2. The van der Waals surface area contributed by atoms with E-state index in [1.807, 2.05) is 36.4 Å². The first-order valence-electron chi connectivity index (χ1n) is 7.17. The molecule has 4 heteroatoms. The fraction of sp³-hybridized carbons (Fsp3) is 0. The minimum absolute atomic E-state index is 0.107. The molecule has 0 atom stereocenters. The van der Waals surface area contributed by atoms with Crippen LogP contribution >= 0.6 is 0 Å². The van der Waals surface area contributed by atoms with Gasteiger partial charge in [0.1, 0.15) is 0 Å². The Kier molecular flexibility index (Phi) is 4.25. The number of ketones is 1. The van der Waals surface area contributed by atoms with Gasteiger partial charge in [-0.3, -0.25) is 9.59 Å². The number of benzene rings is 2. The molecule has 0 amide bonds. The molecule has 0 aliphatic heterocycles. The maximum absolute atomic E-state index is 12.1. The van der Waals surface area contributed by atoms with E-state index in [0.717, 1.165) is 0 Å². The summed E-state index contributed by atoms with van der Waals surface area (Å²) in [5, 5.41) is 4.27. The largest absolute Gasteiger partial charge is 0.289 e. The molecule has 0 aliphatic carbocycles. The van der Waals surface area contributed by atoms with Crippen molar-refractivity contribution in [3.63, 3.8) is 0 Å². The van der Waals surface area contributed by atoms with E-state index in [1.54, 1.807) is 36.4 Å². The lowest BCUT2D eigenvalue weighted by Gasteiger charge is -2.04. The lowest BCUT2D eigenvalue weighted by atomic mass is 10.1. The van der Waals surface area contributed by atoms with E-state index < -0.39 is 0 Å². The Labute approximate surface area is 133 Å². The van der Waals surface area contributed by atoms with Crippen LogP contribution in [0.25, 0.3) is 11.8 Å². The monoisotopic (exact) mass is 302 g/mol. The van der Waals surface area contributed by atoms with Gasteiger partial charge in [-0.1, -0.05) is 48.5 Å². The minimum atomic E-state index is -0.220. The molecule has 4 nitrogen and oxygen atoms in total. The van der Waals surface area contributed by atoms with Gasteiger partial charge in [0.05, 0.1) is 11.4 Å². The van der Waals surface area contributed by atoms with Crippen molar-refractivity contribution in [3.05, 3.63) is 100 Å². The summed E-state index contributed by atoms with van der Waals surface area (Å²) in [5.74, 6) is -0.107. The van der Waals surface area contributed by atoms with Crippen LogP contribution in [0.2, 0.25) is 0 Å². The van der Waals surface area contributed by atoms with Gasteiger partial charge in [-0.2, -0.15) is 9.78 Å². The van der Waals surface area contributed by atoms with Crippen molar-refractivity contribution >= 4 is 11.9 Å². The Bertz CT molecular complexity index is 897. The third-order valence-electron chi connectivity index (χ3n) is 3.29. The smallest absolute Gasteiger partial charge is 0.271 e. The normalized spacial score (nSPS) is 10.8. The molecule has 0 aliphatic rings. The molecule has 2 aromatic carbocycles. The molecule has 112 valence electrons. The van der Waals surface area contributed by atoms with Crippen molar-refractivity contribution in [2.75, 3.05) is 0 Å². The van der Waals surface area contributed by atoms with Crippen LogP contribution in [0.4, 0.5) is 0 Å².